The third-order valence-corrected chi connectivity index (χ3v) is 11.8. The van der Waals surface area contributed by atoms with Gasteiger partial charge >= 0.3 is 0 Å². The monoisotopic (exact) mass is 746 g/mol. The number of carbonyl (C=O) groups is 3. The second-order valence-corrected chi connectivity index (χ2v) is 15.5. The van der Waals surface area contributed by atoms with Gasteiger partial charge in [-0.2, -0.15) is 9.50 Å². The molecule has 3 amide bonds. The number of oxime groups is 1. The number of amides is 3. The number of rotatable bonds is 11. The number of anilines is 1. The summed E-state index contributed by atoms with van der Waals surface area (Å²) in [5.41, 5.74) is 13.1. The van der Waals surface area contributed by atoms with E-state index in [2.05, 4.69) is 30.5 Å². The predicted molar refractivity (Wildman–Crippen MR) is 178 cm³/mol. The Hall–Kier alpha value is -4.93. The summed E-state index contributed by atoms with van der Waals surface area (Å²) in [5, 5.41) is 31.5. The molecule has 2 atom stereocenters. The van der Waals surface area contributed by atoms with E-state index in [1.807, 2.05) is 6.92 Å². The zero-order valence-electron chi connectivity index (χ0n) is 25.4. The summed E-state index contributed by atoms with van der Waals surface area (Å²) in [6.07, 6.45) is 0. The number of carbonyl (C=O) groups excluding carboxylic acids is 3. The average molecular weight is 747 g/mol. The van der Waals surface area contributed by atoms with Crippen LogP contribution in [-0.2, 0) is 24.3 Å². The van der Waals surface area contributed by atoms with Crippen LogP contribution in [0.4, 0.5) is 5.13 Å². The molecular formula is C27H26N10O8S4. The van der Waals surface area contributed by atoms with Crippen LogP contribution in [0.1, 0.15) is 28.9 Å². The molecular weight excluding hydrogens is 721 g/mol. The molecule has 5 heterocycles. The summed E-state index contributed by atoms with van der Waals surface area (Å²) in [6.45, 7) is 3.61. The first kappa shape index (κ1) is 34.0. The number of benzene rings is 1. The molecule has 0 radical (unpaired) electrons. The molecule has 0 aliphatic carbocycles. The Bertz CT molecular complexity index is 2200. The van der Waals surface area contributed by atoms with Crippen LogP contribution >= 0.6 is 34.9 Å². The van der Waals surface area contributed by atoms with E-state index in [1.54, 1.807) is 17.9 Å². The number of primary amides is 1. The van der Waals surface area contributed by atoms with Crippen LogP contribution in [0.25, 0.3) is 5.78 Å². The molecule has 6 rings (SSSR count). The lowest BCUT2D eigenvalue weighted by Gasteiger charge is -2.50. The maximum absolute atomic E-state index is 13.4. The van der Waals surface area contributed by atoms with E-state index in [0.29, 0.717) is 22.2 Å². The number of thioether (sulfide) groups is 2. The lowest BCUT2D eigenvalue weighted by Crippen LogP contribution is -2.70. The number of phenols is 2. The van der Waals surface area contributed by atoms with E-state index < -0.39 is 56.2 Å². The topological polar surface area (TPSA) is 271 Å². The van der Waals surface area contributed by atoms with Crippen molar-refractivity contribution in [2.75, 3.05) is 23.2 Å². The number of hydrogen-bond donors (Lipinski definition) is 5. The van der Waals surface area contributed by atoms with Gasteiger partial charge in [-0.3, -0.25) is 19.3 Å². The molecule has 1 saturated heterocycles. The standard InChI is InChI=1S/C27H26N10O8S4/c1-11-5-18(37-27(30-11)33-22(34-37)21(28)40)46-7-13-8-47-25-20(24(42)36(25)12(13)2)32-23(41)19(15-9-48-26(29)31-15)35-45-10-49(43,44)14-3-4-16(38)17(39)6-14/h3-6,9,20,25,38-39H,7-8,10H2,1-2H3,(H2,28,40)(H2,29,31)(H,32,41)/b35-19-/t20-,25-/m1/s1. The Morgan fingerprint density at radius 1 is 1.18 bits per heavy atom. The Labute approximate surface area is 289 Å². The molecule has 2 aliphatic rings. The van der Waals surface area contributed by atoms with Crippen molar-refractivity contribution in [1.29, 1.82) is 0 Å². The van der Waals surface area contributed by atoms with Crippen LogP contribution in [-0.4, -0.2) is 100 Å². The van der Waals surface area contributed by atoms with Gasteiger partial charge in [-0.1, -0.05) is 5.16 Å². The number of aromatic hydroxyl groups is 2. The number of aryl methyl sites for hydroxylation is 1. The van der Waals surface area contributed by atoms with Gasteiger partial charge in [0.05, 0.1) is 4.90 Å². The van der Waals surface area contributed by atoms with E-state index in [1.165, 1.54) is 33.4 Å². The van der Waals surface area contributed by atoms with Crippen molar-refractivity contribution < 1.29 is 37.9 Å². The highest BCUT2D eigenvalue weighted by Crippen LogP contribution is 2.41. The van der Waals surface area contributed by atoms with Crippen LogP contribution in [0.5, 0.6) is 11.5 Å². The third kappa shape index (κ3) is 6.71. The van der Waals surface area contributed by atoms with E-state index in [-0.39, 0.29) is 33.2 Å². The Morgan fingerprint density at radius 2 is 1.96 bits per heavy atom. The Balaban J connectivity index is 1.14. The van der Waals surface area contributed by atoms with Gasteiger partial charge in [0.25, 0.3) is 23.5 Å². The molecule has 0 saturated carbocycles. The molecule has 0 unspecified atom stereocenters. The zero-order chi connectivity index (χ0) is 35.2. The van der Waals surface area contributed by atoms with Crippen molar-refractivity contribution in [3.63, 3.8) is 0 Å². The molecule has 7 N–H and O–H groups in total. The lowest BCUT2D eigenvalue weighted by molar-refractivity contribution is -0.144. The first-order valence-electron chi connectivity index (χ1n) is 14.0. The van der Waals surface area contributed by atoms with Gasteiger partial charge in [0.2, 0.25) is 21.6 Å². The van der Waals surface area contributed by atoms with Crippen molar-refractivity contribution in [3.05, 3.63) is 58.1 Å². The van der Waals surface area contributed by atoms with Gasteiger partial charge in [0.1, 0.15) is 22.1 Å². The summed E-state index contributed by atoms with van der Waals surface area (Å²) in [7, 11) is -4.16. The van der Waals surface area contributed by atoms with E-state index >= 15 is 0 Å². The quantitative estimate of drug-likeness (QED) is 0.0351. The molecule has 256 valence electrons. The third-order valence-electron chi connectivity index (χ3n) is 7.30. The first-order chi connectivity index (χ1) is 23.2. The number of β-lactam (4-membered cyclic amide) rings is 1. The maximum Gasteiger partial charge on any atom is 0.288 e. The number of thiazole rings is 1. The van der Waals surface area contributed by atoms with Gasteiger partial charge in [-0.25, -0.2) is 18.4 Å². The van der Waals surface area contributed by atoms with Crippen molar-refractivity contribution >= 4 is 79.0 Å². The smallest absolute Gasteiger partial charge is 0.288 e. The first-order valence-corrected chi connectivity index (χ1v) is 18.6. The molecule has 0 bridgehead atoms. The summed E-state index contributed by atoms with van der Waals surface area (Å²) < 4.78 is 26.8. The minimum Gasteiger partial charge on any atom is -0.504 e. The molecule has 49 heavy (non-hydrogen) atoms. The predicted octanol–water partition coefficient (Wildman–Crippen LogP) is 0.600. The Kier molecular flexibility index (Phi) is 9.13. The SMILES string of the molecule is CC1=C(CSc2cc(C)nc3nc(C(N)=O)nn23)CS[C@@H]2[C@H](NC(=O)/C(=N\OCS(=O)(=O)c3ccc(O)c(O)c3)c3csc(N)n3)C(=O)N12. The number of phenolic OH excluding ortho intramolecular Hbond substituents is 2. The largest absolute Gasteiger partial charge is 0.504 e. The summed E-state index contributed by atoms with van der Waals surface area (Å²) in [4.78, 5) is 57.0. The number of hydrogen-bond acceptors (Lipinski definition) is 17. The fourth-order valence-electron chi connectivity index (χ4n) is 4.79. The molecule has 2 aliphatic heterocycles. The fraction of sp³-hybridized carbons (Fsp3) is 0.259. The van der Waals surface area contributed by atoms with Crippen LogP contribution < -0.4 is 16.8 Å². The molecule has 1 fully saturated rings. The number of fused-ring (bicyclic) bond motifs is 2. The number of nitrogens with one attached hydrogen (secondary N) is 1. The summed E-state index contributed by atoms with van der Waals surface area (Å²) in [5.74, 6) is -3.00. The normalized spacial score (nSPS) is 18.0. The van der Waals surface area contributed by atoms with Gasteiger partial charge in [0.15, 0.2) is 22.3 Å². The van der Waals surface area contributed by atoms with Crippen LogP contribution in [0.3, 0.4) is 0 Å². The highest BCUT2D eigenvalue weighted by molar-refractivity contribution is 8.01. The van der Waals surface area contributed by atoms with E-state index in [0.717, 1.165) is 40.8 Å². The van der Waals surface area contributed by atoms with Gasteiger partial charge in [0, 0.05) is 34.3 Å². The zero-order valence-corrected chi connectivity index (χ0v) is 28.7. The van der Waals surface area contributed by atoms with Crippen molar-refractivity contribution in [3.8, 4) is 11.5 Å². The molecule has 18 nitrogen and oxygen atoms in total. The van der Waals surface area contributed by atoms with Gasteiger partial charge in [-0.15, -0.1) is 40.0 Å². The van der Waals surface area contributed by atoms with Crippen LogP contribution in [0, 0.1) is 6.92 Å². The number of aromatic nitrogens is 5. The van der Waals surface area contributed by atoms with Crippen molar-refractivity contribution in [2.24, 2.45) is 10.9 Å². The fourth-order valence-corrected chi connectivity index (χ4v) is 8.96. The van der Waals surface area contributed by atoms with Gasteiger partial charge < -0.3 is 31.8 Å². The molecule has 1 aromatic carbocycles. The van der Waals surface area contributed by atoms with E-state index in [9.17, 15) is 33.0 Å². The maximum atomic E-state index is 13.4. The minimum atomic E-state index is -4.16. The van der Waals surface area contributed by atoms with Crippen LogP contribution in [0.15, 0.2) is 56.0 Å². The molecule has 3 aromatic heterocycles. The second kappa shape index (κ2) is 13.2. The number of nitrogen functional groups attached to an aromatic ring is 1. The summed E-state index contributed by atoms with van der Waals surface area (Å²) in [6, 6.07) is 3.80. The number of nitrogens with two attached hydrogens (primary N) is 2. The average Bonchev–Trinajstić information content (AvgIpc) is 3.68. The highest BCUT2D eigenvalue weighted by atomic mass is 32.2. The van der Waals surface area contributed by atoms with Crippen molar-refractivity contribution in [1.82, 2.24) is 34.8 Å². The van der Waals surface area contributed by atoms with E-state index in [4.69, 9.17) is 16.3 Å². The van der Waals surface area contributed by atoms with Crippen molar-refractivity contribution in [2.45, 2.75) is 35.2 Å². The van der Waals surface area contributed by atoms with Crippen LogP contribution in [0.2, 0.25) is 0 Å². The summed E-state index contributed by atoms with van der Waals surface area (Å²) >= 11 is 3.89. The Morgan fingerprint density at radius 3 is 2.65 bits per heavy atom. The second-order valence-electron chi connectivity index (χ2n) is 10.6. The number of sulfone groups is 1. The highest BCUT2D eigenvalue weighted by Gasteiger charge is 2.52. The molecule has 22 heteroatoms. The number of nitrogens with zero attached hydrogens (tertiary/aromatic N) is 7. The molecule has 0 spiro atoms. The number of allylic oxidation sites excluding steroid dienone is 1. The minimum absolute atomic E-state index is 0.00535. The lowest BCUT2D eigenvalue weighted by atomic mass is 10.0. The molecule has 4 aromatic rings. The van der Waals surface area contributed by atoms with Gasteiger partial charge in [-0.05, 0) is 37.6 Å².